The zero-order valence-electron chi connectivity index (χ0n) is 11.8. The van der Waals surface area contributed by atoms with Crippen molar-refractivity contribution in [3.63, 3.8) is 0 Å². The highest BCUT2D eigenvalue weighted by atomic mass is 15.5. The van der Waals surface area contributed by atoms with Crippen LogP contribution in [-0.4, -0.2) is 29.6 Å². The van der Waals surface area contributed by atoms with E-state index in [-0.39, 0.29) is 6.04 Å². The maximum Gasteiger partial charge on any atom is 0.0608 e. The van der Waals surface area contributed by atoms with Gasteiger partial charge in [-0.3, -0.25) is 4.98 Å². The van der Waals surface area contributed by atoms with Crippen LogP contribution in [0.3, 0.4) is 0 Å². The molecule has 0 spiro atoms. The summed E-state index contributed by atoms with van der Waals surface area (Å²) < 4.78 is 0. The first kappa shape index (κ1) is 13.5. The maximum atomic E-state index is 6.00. The van der Waals surface area contributed by atoms with Crippen LogP contribution < -0.4 is 11.2 Å². The van der Waals surface area contributed by atoms with Crippen LogP contribution in [0.5, 0.6) is 0 Å². The molecular weight excluding hydrogens is 248 g/mol. The molecule has 1 aliphatic rings. The molecule has 0 aliphatic carbocycles. The normalized spacial score (nSPS) is 18.2. The Morgan fingerprint density at radius 3 is 2.75 bits per heavy atom. The number of rotatable bonds is 4. The van der Waals surface area contributed by atoms with E-state index in [0.717, 1.165) is 13.1 Å². The summed E-state index contributed by atoms with van der Waals surface area (Å²) in [4.78, 5) is 4.36. The molecule has 1 aliphatic heterocycles. The molecule has 1 fully saturated rings. The fraction of sp³-hybridized carbons (Fsp3) is 0.438. The Kier molecular flexibility index (Phi) is 4.25. The van der Waals surface area contributed by atoms with Gasteiger partial charge in [0.2, 0.25) is 0 Å². The zero-order chi connectivity index (χ0) is 13.8. The van der Waals surface area contributed by atoms with E-state index in [4.69, 9.17) is 5.73 Å². The Morgan fingerprint density at radius 2 is 1.95 bits per heavy atom. The fourth-order valence-electron chi connectivity index (χ4n) is 2.91. The highest BCUT2D eigenvalue weighted by Gasteiger charge is 2.18. The molecule has 1 aromatic heterocycles. The molecule has 2 heterocycles. The van der Waals surface area contributed by atoms with E-state index in [1.807, 2.05) is 18.5 Å². The molecule has 20 heavy (non-hydrogen) atoms. The molecule has 3 N–H and O–H groups in total. The van der Waals surface area contributed by atoms with E-state index in [2.05, 4.69) is 33.6 Å². The van der Waals surface area contributed by atoms with E-state index >= 15 is 0 Å². The molecule has 0 amide bonds. The van der Waals surface area contributed by atoms with E-state index in [1.165, 1.54) is 35.6 Å². The van der Waals surface area contributed by atoms with Crippen LogP contribution in [0.4, 0.5) is 0 Å². The van der Waals surface area contributed by atoms with Crippen LogP contribution in [0.25, 0.3) is 10.8 Å². The first-order chi connectivity index (χ1) is 9.88. The van der Waals surface area contributed by atoms with Crippen molar-refractivity contribution in [3.05, 3.63) is 42.2 Å². The molecule has 1 saturated heterocycles. The first-order valence-corrected chi connectivity index (χ1v) is 7.42. The molecule has 2 aromatic rings. The lowest BCUT2D eigenvalue weighted by Crippen LogP contribution is -2.45. The van der Waals surface area contributed by atoms with Gasteiger partial charge in [0.15, 0.2) is 0 Å². The predicted octanol–water partition coefficient (Wildman–Crippen LogP) is 2.23. The molecule has 106 valence electrons. The Hall–Kier alpha value is -1.49. The standard InChI is InChI=1S/C16H22N4/c17-10-16(19-20-8-4-1-5-9-20)15-12-18-11-13-6-2-3-7-14(13)15/h2-3,6-7,11-12,16,19H,1,4-5,8-10,17H2. The second-order valence-electron chi connectivity index (χ2n) is 5.41. The van der Waals surface area contributed by atoms with Gasteiger partial charge in [-0.2, -0.15) is 0 Å². The molecule has 0 saturated carbocycles. The number of nitrogens with one attached hydrogen (secondary N) is 1. The van der Waals surface area contributed by atoms with Gasteiger partial charge in [-0.25, -0.2) is 10.4 Å². The van der Waals surface area contributed by atoms with Gasteiger partial charge in [0.1, 0.15) is 0 Å². The van der Waals surface area contributed by atoms with E-state index in [1.54, 1.807) is 0 Å². The number of benzene rings is 1. The largest absolute Gasteiger partial charge is 0.329 e. The van der Waals surface area contributed by atoms with Crippen LogP contribution >= 0.6 is 0 Å². The van der Waals surface area contributed by atoms with Gasteiger partial charge in [-0.05, 0) is 23.8 Å². The average Bonchev–Trinajstić information content (AvgIpc) is 2.53. The van der Waals surface area contributed by atoms with Gasteiger partial charge in [0.05, 0.1) is 6.04 Å². The topological polar surface area (TPSA) is 54.2 Å². The third kappa shape index (κ3) is 2.82. The summed E-state index contributed by atoms with van der Waals surface area (Å²) in [5, 5.41) is 4.72. The summed E-state index contributed by atoms with van der Waals surface area (Å²) in [6, 6.07) is 8.49. The summed E-state index contributed by atoms with van der Waals surface area (Å²) in [5.41, 5.74) is 10.8. The number of aromatic nitrogens is 1. The summed E-state index contributed by atoms with van der Waals surface area (Å²) in [6.07, 6.45) is 7.71. The molecule has 0 radical (unpaired) electrons. The van der Waals surface area contributed by atoms with E-state index in [0.29, 0.717) is 6.54 Å². The van der Waals surface area contributed by atoms with E-state index < -0.39 is 0 Å². The Bertz CT molecular complexity index is 558. The number of hydrogen-bond donors (Lipinski definition) is 2. The number of nitrogens with two attached hydrogens (primary N) is 1. The van der Waals surface area contributed by atoms with Crippen molar-refractivity contribution < 1.29 is 0 Å². The third-order valence-electron chi connectivity index (χ3n) is 4.00. The van der Waals surface area contributed by atoms with Crippen LogP contribution in [-0.2, 0) is 0 Å². The van der Waals surface area contributed by atoms with Crippen LogP contribution in [0.1, 0.15) is 30.9 Å². The second kappa shape index (κ2) is 6.31. The van der Waals surface area contributed by atoms with Crippen molar-refractivity contribution in [1.29, 1.82) is 0 Å². The summed E-state index contributed by atoms with van der Waals surface area (Å²) in [5.74, 6) is 0. The van der Waals surface area contributed by atoms with Crippen LogP contribution in [0.15, 0.2) is 36.7 Å². The number of pyridine rings is 1. The molecule has 1 aromatic carbocycles. The molecule has 0 bridgehead atoms. The molecule has 3 rings (SSSR count). The lowest BCUT2D eigenvalue weighted by Gasteiger charge is -2.31. The fourth-order valence-corrected chi connectivity index (χ4v) is 2.91. The Balaban J connectivity index is 1.86. The summed E-state index contributed by atoms with van der Waals surface area (Å²) in [6.45, 7) is 2.79. The third-order valence-corrected chi connectivity index (χ3v) is 4.00. The van der Waals surface area contributed by atoms with Gasteiger partial charge in [0.25, 0.3) is 0 Å². The monoisotopic (exact) mass is 270 g/mol. The van der Waals surface area contributed by atoms with Gasteiger partial charge >= 0.3 is 0 Å². The molecule has 1 atom stereocenters. The predicted molar refractivity (Wildman–Crippen MR) is 82.1 cm³/mol. The first-order valence-electron chi connectivity index (χ1n) is 7.42. The van der Waals surface area contributed by atoms with E-state index in [9.17, 15) is 0 Å². The minimum Gasteiger partial charge on any atom is -0.329 e. The molecule has 4 heteroatoms. The maximum absolute atomic E-state index is 6.00. The lowest BCUT2D eigenvalue weighted by atomic mass is 10.0. The summed E-state index contributed by atoms with van der Waals surface area (Å²) >= 11 is 0. The average molecular weight is 270 g/mol. The Labute approximate surface area is 120 Å². The molecule has 4 nitrogen and oxygen atoms in total. The van der Waals surface area contributed by atoms with Crippen molar-refractivity contribution in [2.75, 3.05) is 19.6 Å². The van der Waals surface area contributed by atoms with Crippen molar-refractivity contribution in [2.45, 2.75) is 25.3 Å². The number of fused-ring (bicyclic) bond motifs is 1. The van der Waals surface area contributed by atoms with Gasteiger partial charge < -0.3 is 5.73 Å². The van der Waals surface area contributed by atoms with Crippen molar-refractivity contribution in [3.8, 4) is 0 Å². The van der Waals surface area contributed by atoms with Gasteiger partial charge in [0, 0.05) is 37.4 Å². The minimum atomic E-state index is 0.131. The number of nitrogens with zero attached hydrogens (tertiary/aromatic N) is 2. The zero-order valence-corrected chi connectivity index (χ0v) is 11.8. The highest BCUT2D eigenvalue weighted by molar-refractivity contribution is 5.85. The van der Waals surface area contributed by atoms with Gasteiger partial charge in [-0.1, -0.05) is 30.7 Å². The smallest absolute Gasteiger partial charge is 0.0608 e. The second-order valence-corrected chi connectivity index (χ2v) is 5.41. The lowest BCUT2D eigenvalue weighted by molar-refractivity contribution is 0.130. The SMILES string of the molecule is NCC(NN1CCCCC1)c1cncc2ccccc12. The van der Waals surface area contributed by atoms with Crippen molar-refractivity contribution in [2.24, 2.45) is 5.73 Å². The highest BCUT2D eigenvalue weighted by Crippen LogP contribution is 2.23. The number of piperidine rings is 1. The quantitative estimate of drug-likeness (QED) is 0.894. The summed E-state index contributed by atoms with van der Waals surface area (Å²) in [7, 11) is 0. The molecular formula is C16H22N4. The van der Waals surface area contributed by atoms with Gasteiger partial charge in [-0.15, -0.1) is 0 Å². The number of hydrogen-bond acceptors (Lipinski definition) is 4. The van der Waals surface area contributed by atoms with Crippen molar-refractivity contribution in [1.82, 2.24) is 15.4 Å². The minimum absolute atomic E-state index is 0.131. The Morgan fingerprint density at radius 1 is 1.15 bits per heavy atom. The van der Waals surface area contributed by atoms with Crippen molar-refractivity contribution >= 4 is 10.8 Å². The molecule has 1 unspecified atom stereocenters. The van der Waals surface area contributed by atoms with Crippen LogP contribution in [0.2, 0.25) is 0 Å². The van der Waals surface area contributed by atoms with Crippen LogP contribution in [0, 0.1) is 0 Å². The number of hydrazine groups is 1.